The van der Waals surface area contributed by atoms with E-state index in [1.54, 1.807) is 13.4 Å². The van der Waals surface area contributed by atoms with E-state index in [1.807, 2.05) is 43.3 Å². The van der Waals surface area contributed by atoms with E-state index in [2.05, 4.69) is 5.10 Å². The molecule has 2 aromatic rings. The van der Waals surface area contributed by atoms with Crippen LogP contribution in [0.3, 0.4) is 0 Å². The van der Waals surface area contributed by atoms with Gasteiger partial charge in [0, 0.05) is 18.4 Å². The molecule has 0 bridgehead atoms. The molecule has 1 aromatic carbocycles. The smallest absolute Gasteiger partial charge is 0.243 e. The molecule has 114 valence electrons. The van der Waals surface area contributed by atoms with Gasteiger partial charge < -0.3 is 9.15 Å². The number of para-hydroxylation sites is 1. The van der Waals surface area contributed by atoms with E-state index in [9.17, 15) is 4.79 Å². The van der Waals surface area contributed by atoms with Crippen LogP contribution in [-0.4, -0.2) is 23.7 Å². The zero-order chi connectivity index (χ0) is 15.5. The number of nitrogens with zero attached hydrogens (tertiary/aromatic N) is 2. The van der Waals surface area contributed by atoms with Gasteiger partial charge in [-0.1, -0.05) is 19.1 Å². The van der Waals surface area contributed by atoms with Gasteiger partial charge in [-0.15, -0.1) is 0 Å². The van der Waals surface area contributed by atoms with Crippen LogP contribution in [0.25, 0.3) is 0 Å². The van der Waals surface area contributed by atoms with Crippen molar-refractivity contribution in [3.8, 4) is 5.75 Å². The lowest BCUT2D eigenvalue weighted by atomic mass is 10.0. The number of benzene rings is 1. The number of hydrazone groups is 1. The van der Waals surface area contributed by atoms with Crippen molar-refractivity contribution in [1.29, 1.82) is 0 Å². The van der Waals surface area contributed by atoms with Gasteiger partial charge in [0.15, 0.2) is 0 Å². The van der Waals surface area contributed by atoms with Gasteiger partial charge >= 0.3 is 0 Å². The summed E-state index contributed by atoms with van der Waals surface area (Å²) < 4.78 is 10.9. The molecule has 0 fully saturated rings. The van der Waals surface area contributed by atoms with Crippen molar-refractivity contribution in [2.75, 3.05) is 7.11 Å². The van der Waals surface area contributed by atoms with E-state index < -0.39 is 0 Å². The van der Waals surface area contributed by atoms with E-state index in [0.717, 1.165) is 22.8 Å². The zero-order valence-electron chi connectivity index (χ0n) is 12.7. The molecule has 0 saturated carbocycles. The summed E-state index contributed by atoms with van der Waals surface area (Å²) in [6, 6.07) is 11.2. The number of amides is 1. The highest BCUT2D eigenvalue weighted by Crippen LogP contribution is 2.35. The maximum absolute atomic E-state index is 12.2. The Hall–Kier alpha value is -2.56. The maximum Gasteiger partial charge on any atom is 0.243 e. The van der Waals surface area contributed by atoms with Crippen molar-refractivity contribution >= 4 is 11.6 Å². The molecular weight excluding hydrogens is 280 g/mol. The summed E-state index contributed by atoms with van der Waals surface area (Å²) in [4.78, 5) is 12.2. The Morgan fingerprint density at radius 2 is 2.18 bits per heavy atom. The van der Waals surface area contributed by atoms with Crippen LogP contribution in [0, 0.1) is 0 Å². The molecule has 3 rings (SSSR count). The summed E-state index contributed by atoms with van der Waals surface area (Å²) in [6.45, 7) is 1.83. The molecular formula is C17H18N2O3. The minimum absolute atomic E-state index is 0.0219. The van der Waals surface area contributed by atoms with Crippen LogP contribution in [0.1, 0.15) is 37.1 Å². The maximum atomic E-state index is 12.2. The lowest BCUT2D eigenvalue weighted by Gasteiger charge is -2.18. The Labute approximate surface area is 129 Å². The summed E-state index contributed by atoms with van der Waals surface area (Å²) >= 11 is 0. The quantitative estimate of drug-likeness (QED) is 0.869. The van der Waals surface area contributed by atoms with E-state index in [-0.39, 0.29) is 11.9 Å². The van der Waals surface area contributed by atoms with Crippen molar-refractivity contribution < 1.29 is 13.9 Å². The second kappa shape index (κ2) is 6.05. The topological polar surface area (TPSA) is 55.0 Å². The Balaban J connectivity index is 1.98. The molecule has 1 unspecified atom stereocenters. The van der Waals surface area contributed by atoms with Crippen molar-refractivity contribution in [3.05, 3.63) is 54.0 Å². The molecule has 1 aliphatic heterocycles. The summed E-state index contributed by atoms with van der Waals surface area (Å²) in [6.07, 6.45) is 2.63. The fourth-order valence-electron chi connectivity index (χ4n) is 2.65. The molecule has 2 heterocycles. The average molecular weight is 298 g/mol. The number of methoxy groups -OCH3 is 1. The number of hydrogen-bond acceptors (Lipinski definition) is 4. The minimum Gasteiger partial charge on any atom is -0.496 e. The SMILES string of the molecule is CCC(=O)N1N=C(c2ccccc2OC)CC1c1ccco1. The first-order valence-electron chi connectivity index (χ1n) is 7.31. The molecule has 0 N–H and O–H groups in total. The standard InChI is InChI=1S/C17H18N2O3/c1-3-17(20)19-14(16-9-6-10-22-16)11-13(18-19)12-7-4-5-8-15(12)21-2/h4-10,14H,3,11H2,1-2H3. The molecule has 1 amide bonds. The van der Waals surface area contributed by atoms with Crippen LogP contribution in [-0.2, 0) is 4.79 Å². The normalized spacial score (nSPS) is 17.5. The molecule has 22 heavy (non-hydrogen) atoms. The molecule has 1 aromatic heterocycles. The van der Waals surface area contributed by atoms with Gasteiger partial charge in [0.05, 0.1) is 19.1 Å². The molecule has 0 saturated heterocycles. The Bertz CT molecular complexity index is 692. The van der Waals surface area contributed by atoms with Crippen LogP contribution in [0.2, 0.25) is 0 Å². The van der Waals surface area contributed by atoms with Crippen molar-refractivity contribution in [2.45, 2.75) is 25.8 Å². The van der Waals surface area contributed by atoms with Gasteiger partial charge in [-0.05, 0) is 24.3 Å². The predicted molar refractivity (Wildman–Crippen MR) is 82.7 cm³/mol. The highest BCUT2D eigenvalue weighted by molar-refractivity contribution is 6.05. The highest BCUT2D eigenvalue weighted by atomic mass is 16.5. The largest absolute Gasteiger partial charge is 0.496 e. The molecule has 0 radical (unpaired) electrons. The minimum atomic E-state index is -0.192. The number of furan rings is 1. The van der Waals surface area contributed by atoms with Crippen LogP contribution in [0.5, 0.6) is 5.75 Å². The van der Waals surface area contributed by atoms with Gasteiger partial charge in [-0.2, -0.15) is 5.10 Å². The van der Waals surface area contributed by atoms with Gasteiger partial charge in [-0.25, -0.2) is 5.01 Å². The highest BCUT2D eigenvalue weighted by Gasteiger charge is 2.34. The lowest BCUT2D eigenvalue weighted by Crippen LogP contribution is -2.25. The third kappa shape index (κ3) is 2.50. The van der Waals surface area contributed by atoms with Crippen LogP contribution >= 0.6 is 0 Å². The number of carbonyl (C=O) groups is 1. The third-order valence-electron chi connectivity index (χ3n) is 3.76. The Morgan fingerprint density at radius 1 is 1.36 bits per heavy atom. The van der Waals surface area contributed by atoms with Gasteiger partial charge in [-0.3, -0.25) is 4.79 Å². The summed E-state index contributed by atoms with van der Waals surface area (Å²) in [7, 11) is 1.63. The number of hydrogen-bond donors (Lipinski definition) is 0. The second-order valence-electron chi connectivity index (χ2n) is 5.07. The van der Waals surface area contributed by atoms with E-state index >= 15 is 0 Å². The van der Waals surface area contributed by atoms with Crippen molar-refractivity contribution in [3.63, 3.8) is 0 Å². The van der Waals surface area contributed by atoms with Crippen LogP contribution in [0.15, 0.2) is 52.2 Å². The van der Waals surface area contributed by atoms with Crippen LogP contribution < -0.4 is 4.74 Å². The average Bonchev–Trinajstić information content (AvgIpc) is 3.23. The van der Waals surface area contributed by atoms with Gasteiger partial charge in [0.2, 0.25) is 5.91 Å². The number of carbonyl (C=O) groups excluding carboxylic acids is 1. The first-order chi connectivity index (χ1) is 10.7. The van der Waals surface area contributed by atoms with Crippen molar-refractivity contribution in [2.24, 2.45) is 5.10 Å². The Kier molecular flexibility index (Phi) is 3.96. The molecule has 5 nitrogen and oxygen atoms in total. The van der Waals surface area contributed by atoms with Crippen molar-refractivity contribution in [1.82, 2.24) is 5.01 Å². The molecule has 0 aliphatic carbocycles. The molecule has 5 heteroatoms. The lowest BCUT2D eigenvalue weighted by molar-refractivity contribution is -0.133. The molecule has 1 aliphatic rings. The zero-order valence-corrected chi connectivity index (χ0v) is 12.7. The number of ether oxygens (including phenoxy) is 1. The monoisotopic (exact) mass is 298 g/mol. The first kappa shape index (κ1) is 14.4. The molecule has 1 atom stereocenters. The summed E-state index contributed by atoms with van der Waals surface area (Å²) in [5.41, 5.74) is 1.74. The number of rotatable bonds is 4. The van der Waals surface area contributed by atoms with E-state index in [1.165, 1.54) is 5.01 Å². The fraction of sp³-hybridized carbons (Fsp3) is 0.294. The van der Waals surface area contributed by atoms with Gasteiger partial charge in [0.25, 0.3) is 0 Å². The van der Waals surface area contributed by atoms with Crippen LogP contribution in [0.4, 0.5) is 0 Å². The predicted octanol–water partition coefficient (Wildman–Crippen LogP) is 3.38. The summed E-state index contributed by atoms with van der Waals surface area (Å²) in [5, 5.41) is 6.06. The van der Waals surface area contributed by atoms with E-state index in [0.29, 0.717) is 12.8 Å². The summed E-state index contributed by atoms with van der Waals surface area (Å²) in [5.74, 6) is 1.48. The third-order valence-corrected chi connectivity index (χ3v) is 3.76. The fourth-order valence-corrected chi connectivity index (χ4v) is 2.65. The van der Waals surface area contributed by atoms with Gasteiger partial charge in [0.1, 0.15) is 17.6 Å². The van der Waals surface area contributed by atoms with E-state index in [4.69, 9.17) is 9.15 Å². The molecule has 0 spiro atoms. The second-order valence-corrected chi connectivity index (χ2v) is 5.07. The Morgan fingerprint density at radius 3 is 2.86 bits per heavy atom. The first-order valence-corrected chi connectivity index (χ1v) is 7.31.